The predicted octanol–water partition coefficient (Wildman–Crippen LogP) is 5.17. The number of hydrogen-bond donors (Lipinski definition) is 2. The van der Waals surface area contributed by atoms with Crippen LogP contribution in [0.2, 0.25) is 0 Å². The maximum Gasteiger partial charge on any atom is 0.175 e. The molecule has 0 bridgehead atoms. The number of ketones is 2. The lowest BCUT2D eigenvalue weighted by Gasteiger charge is -2.31. The van der Waals surface area contributed by atoms with Gasteiger partial charge < -0.3 is 10.4 Å². The predicted molar refractivity (Wildman–Crippen MR) is 117 cm³/mol. The van der Waals surface area contributed by atoms with Gasteiger partial charge in [0.25, 0.3) is 0 Å². The third kappa shape index (κ3) is 4.68. The second-order valence-electron chi connectivity index (χ2n) is 9.61. The fourth-order valence-electron chi connectivity index (χ4n) is 3.99. The number of nitriles is 1. The number of hydrogen-bond acceptors (Lipinski definition) is 6. The molecule has 6 heteroatoms. The number of nitrogens with one attached hydrogen (secondary N) is 1. The van der Waals surface area contributed by atoms with E-state index in [1.54, 1.807) is 12.1 Å². The Kier molecular flexibility index (Phi) is 5.67. The Morgan fingerprint density at radius 1 is 1.03 bits per heavy atom. The van der Waals surface area contributed by atoms with Crippen molar-refractivity contribution in [3.8, 4) is 6.07 Å². The average molecular weight is 405 g/mol. The van der Waals surface area contributed by atoms with Crippen molar-refractivity contribution in [2.75, 3.05) is 5.32 Å². The summed E-state index contributed by atoms with van der Waals surface area (Å²) in [4.78, 5) is 29.2. The summed E-state index contributed by atoms with van der Waals surface area (Å²) in [5.74, 6) is -0.241. The van der Waals surface area contributed by atoms with Crippen LogP contribution in [0.1, 0.15) is 53.4 Å². The number of Topliss-reactive ketones (excluding diaryl/α,β-unsaturated/α-hetero) is 2. The lowest BCUT2D eigenvalue weighted by Crippen LogP contribution is -2.28. The van der Waals surface area contributed by atoms with Crippen LogP contribution in [0.4, 0.5) is 11.4 Å². The average Bonchev–Trinajstić information content (AvgIpc) is 2.60. The minimum Gasteiger partial charge on any atom is -0.511 e. The van der Waals surface area contributed by atoms with Gasteiger partial charge in [-0.2, -0.15) is 5.26 Å². The van der Waals surface area contributed by atoms with E-state index in [2.05, 4.69) is 10.3 Å². The topological polar surface area (TPSA) is 103 Å². The summed E-state index contributed by atoms with van der Waals surface area (Å²) in [6.45, 7) is 7.88. The number of nitrogens with zero attached hydrogens (tertiary/aromatic N) is 2. The van der Waals surface area contributed by atoms with Crippen LogP contribution in [-0.4, -0.2) is 22.9 Å². The zero-order chi connectivity index (χ0) is 22.1. The fourth-order valence-corrected chi connectivity index (χ4v) is 3.99. The lowest BCUT2D eigenvalue weighted by atomic mass is 9.76. The Morgan fingerprint density at radius 2 is 1.67 bits per heavy atom. The van der Waals surface area contributed by atoms with Crippen molar-refractivity contribution in [2.24, 2.45) is 15.8 Å². The minimum absolute atomic E-state index is 0.0551. The molecule has 2 aliphatic carbocycles. The summed E-state index contributed by atoms with van der Waals surface area (Å²) in [6, 6.07) is 9.25. The number of carbonyl (C=O) groups excluding carboxylic acids is 2. The van der Waals surface area contributed by atoms with Crippen LogP contribution in [0.3, 0.4) is 0 Å². The van der Waals surface area contributed by atoms with Gasteiger partial charge in [0, 0.05) is 31.2 Å². The standard InChI is InChI=1S/C24H27N3O3/c1-23(2)9-19(15(13-25)20(28)10-23)27-18-8-6-5-7-17(18)26-14-16-21(29)11-24(3,4)12-22(16)30/h5-8,14,27,29H,9-12H2,1-4H3. The van der Waals surface area contributed by atoms with E-state index in [1.807, 2.05) is 45.9 Å². The highest BCUT2D eigenvalue weighted by Crippen LogP contribution is 2.39. The van der Waals surface area contributed by atoms with Gasteiger partial charge >= 0.3 is 0 Å². The van der Waals surface area contributed by atoms with E-state index in [1.165, 1.54) is 6.21 Å². The van der Waals surface area contributed by atoms with Crippen LogP contribution in [-0.2, 0) is 9.59 Å². The molecular weight excluding hydrogens is 378 g/mol. The molecule has 0 unspecified atom stereocenters. The first kappa shape index (κ1) is 21.5. The molecule has 156 valence electrons. The molecule has 0 amide bonds. The number of anilines is 1. The highest BCUT2D eigenvalue weighted by Gasteiger charge is 2.34. The van der Waals surface area contributed by atoms with E-state index < -0.39 is 0 Å². The van der Waals surface area contributed by atoms with Crippen LogP contribution >= 0.6 is 0 Å². The number of aliphatic imine (C=N–C) groups is 1. The normalized spacial score (nSPS) is 21.2. The van der Waals surface area contributed by atoms with Crippen molar-refractivity contribution in [1.82, 2.24) is 0 Å². The molecule has 6 nitrogen and oxygen atoms in total. The molecule has 0 radical (unpaired) electrons. The van der Waals surface area contributed by atoms with Crippen molar-refractivity contribution in [3.05, 3.63) is 46.9 Å². The van der Waals surface area contributed by atoms with Crippen molar-refractivity contribution >= 4 is 29.2 Å². The SMILES string of the molecule is CC1(C)CC(=O)C(C=Nc2ccccc2NC2=C(C#N)C(=O)CC(C)(C)C2)=C(O)C1. The van der Waals surface area contributed by atoms with Crippen molar-refractivity contribution in [2.45, 2.75) is 53.4 Å². The summed E-state index contributed by atoms with van der Waals surface area (Å²) in [5.41, 5.74) is 1.64. The molecule has 2 aliphatic rings. The summed E-state index contributed by atoms with van der Waals surface area (Å²) in [5, 5.41) is 23.0. The molecule has 1 aromatic rings. The number of para-hydroxylation sites is 2. The lowest BCUT2D eigenvalue weighted by molar-refractivity contribution is -0.118. The molecule has 30 heavy (non-hydrogen) atoms. The zero-order valence-electron chi connectivity index (χ0n) is 17.9. The molecule has 2 N–H and O–H groups in total. The summed E-state index contributed by atoms with van der Waals surface area (Å²) in [6.07, 6.45) is 3.10. The second kappa shape index (κ2) is 7.91. The van der Waals surface area contributed by atoms with E-state index in [9.17, 15) is 20.0 Å². The van der Waals surface area contributed by atoms with Crippen molar-refractivity contribution < 1.29 is 14.7 Å². The molecule has 0 aromatic heterocycles. The Morgan fingerprint density at radius 3 is 2.33 bits per heavy atom. The molecule has 0 fully saturated rings. The molecule has 0 heterocycles. The summed E-state index contributed by atoms with van der Waals surface area (Å²) >= 11 is 0. The molecule has 0 saturated heterocycles. The van der Waals surface area contributed by atoms with E-state index >= 15 is 0 Å². The number of rotatable bonds is 4. The second-order valence-corrected chi connectivity index (χ2v) is 9.61. The van der Waals surface area contributed by atoms with Crippen molar-refractivity contribution in [1.29, 1.82) is 5.26 Å². The van der Waals surface area contributed by atoms with Gasteiger partial charge in [0.15, 0.2) is 11.6 Å². The van der Waals surface area contributed by atoms with Crippen LogP contribution in [0.5, 0.6) is 0 Å². The Bertz CT molecular complexity index is 1040. The van der Waals surface area contributed by atoms with E-state index in [-0.39, 0.29) is 39.3 Å². The van der Waals surface area contributed by atoms with Gasteiger partial charge in [0.2, 0.25) is 0 Å². The number of aliphatic hydroxyl groups excluding tert-OH is 1. The largest absolute Gasteiger partial charge is 0.511 e. The van der Waals surface area contributed by atoms with Gasteiger partial charge in [0.05, 0.1) is 16.9 Å². The summed E-state index contributed by atoms with van der Waals surface area (Å²) < 4.78 is 0. The highest BCUT2D eigenvalue weighted by molar-refractivity contribution is 6.15. The van der Waals surface area contributed by atoms with E-state index in [0.717, 1.165) is 0 Å². The third-order valence-electron chi connectivity index (χ3n) is 5.41. The maximum atomic E-state index is 12.4. The molecule has 3 rings (SSSR count). The van der Waals surface area contributed by atoms with Crippen LogP contribution in [0.15, 0.2) is 51.9 Å². The molecule has 0 atom stereocenters. The van der Waals surface area contributed by atoms with Crippen LogP contribution < -0.4 is 5.32 Å². The number of carbonyl (C=O) groups is 2. The maximum absolute atomic E-state index is 12.4. The van der Waals surface area contributed by atoms with E-state index in [4.69, 9.17) is 0 Å². The first-order valence-corrected chi connectivity index (χ1v) is 10.0. The van der Waals surface area contributed by atoms with Crippen LogP contribution in [0.25, 0.3) is 0 Å². The van der Waals surface area contributed by atoms with Gasteiger partial charge in [-0.1, -0.05) is 39.8 Å². The first-order valence-electron chi connectivity index (χ1n) is 10.0. The van der Waals surface area contributed by atoms with Gasteiger partial charge in [-0.05, 0) is 29.4 Å². The number of aliphatic hydroxyl groups is 1. The molecule has 0 aliphatic heterocycles. The molecule has 0 spiro atoms. The van der Waals surface area contributed by atoms with Gasteiger partial charge in [-0.15, -0.1) is 0 Å². The van der Waals surface area contributed by atoms with E-state index in [0.29, 0.717) is 42.8 Å². The molecule has 0 saturated carbocycles. The zero-order valence-corrected chi connectivity index (χ0v) is 17.9. The van der Waals surface area contributed by atoms with Gasteiger partial charge in [-0.3, -0.25) is 14.6 Å². The molecular formula is C24H27N3O3. The minimum atomic E-state index is -0.265. The quantitative estimate of drug-likeness (QED) is 0.673. The van der Waals surface area contributed by atoms with Gasteiger partial charge in [-0.25, -0.2) is 0 Å². The Labute approximate surface area is 177 Å². The monoisotopic (exact) mass is 405 g/mol. The number of allylic oxidation sites excluding steroid dienone is 4. The third-order valence-corrected chi connectivity index (χ3v) is 5.41. The van der Waals surface area contributed by atoms with Crippen molar-refractivity contribution in [3.63, 3.8) is 0 Å². The fraction of sp³-hybridized carbons (Fsp3) is 0.417. The first-order chi connectivity index (χ1) is 14.0. The Balaban J connectivity index is 1.93. The number of benzene rings is 1. The summed E-state index contributed by atoms with van der Waals surface area (Å²) in [7, 11) is 0. The molecule has 1 aromatic carbocycles. The Hall–Kier alpha value is -3.20. The van der Waals surface area contributed by atoms with Crippen LogP contribution in [0, 0.1) is 22.2 Å². The smallest absolute Gasteiger partial charge is 0.175 e. The van der Waals surface area contributed by atoms with Gasteiger partial charge in [0.1, 0.15) is 17.4 Å². The highest BCUT2D eigenvalue weighted by atomic mass is 16.3.